The molecule has 2 amide bonds. The van der Waals surface area contributed by atoms with Gasteiger partial charge in [-0.2, -0.15) is 0 Å². The van der Waals surface area contributed by atoms with Gasteiger partial charge in [0.25, 0.3) is 0 Å². The van der Waals surface area contributed by atoms with Gasteiger partial charge in [0.2, 0.25) is 11.8 Å². The first-order valence-corrected chi connectivity index (χ1v) is 9.64. The highest BCUT2D eigenvalue weighted by molar-refractivity contribution is 5.95. The van der Waals surface area contributed by atoms with Crippen molar-refractivity contribution in [2.24, 2.45) is 0 Å². The third kappa shape index (κ3) is 5.03. The molecule has 0 aliphatic carbocycles. The summed E-state index contributed by atoms with van der Waals surface area (Å²) in [6.45, 7) is 3.19. The Balaban J connectivity index is 1.45. The Morgan fingerprint density at radius 1 is 1.14 bits per heavy atom. The SMILES string of the molecule is COc1ccc(CCNC(=O)[C@H](C)Nc2ccc(N3CCCC3=O)cc2)cc1. The number of methoxy groups -OCH3 is 1. The molecule has 1 aliphatic heterocycles. The lowest BCUT2D eigenvalue weighted by molar-refractivity contribution is -0.121. The number of hydrogen-bond acceptors (Lipinski definition) is 4. The molecule has 0 radical (unpaired) electrons. The molecule has 1 aliphatic rings. The van der Waals surface area contributed by atoms with Gasteiger partial charge in [0.05, 0.1) is 7.11 Å². The number of benzene rings is 2. The molecule has 1 heterocycles. The predicted molar refractivity (Wildman–Crippen MR) is 111 cm³/mol. The second-order valence-electron chi connectivity index (χ2n) is 6.95. The normalized spacial score (nSPS) is 14.6. The van der Waals surface area contributed by atoms with Crippen molar-refractivity contribution in [3.63, 3.8) is 0 Å². The molecule has 1 saturated heterocycles. The summed E-state index contributed by atoms with van der Waals surface area (Å²) >= 11 is 0. The maximum Gasteiger partial charge on any atom is 0.242 e. The van der Waals surface area contributed by atoms with Gasteiger partial charge in [-0.05, 0) is 61.7 Å². The molecule has 1 atom stereocenters. The van der Waals surface area contributed by atoms with Gasteiger partial charge in [-0.1, -0.05) is 12.1 Å². The summed E-state index contributed by atoms with van der Waals surface area (Å²) in [4.78, 5) is 25.9. The van der Waals surface area contributed by atoms with E-state index in [4.69, 9.17) is 4.74 Å². The molecular formula is C22H27N3O3. The number of carbonyl (C=O) groups is 2. The summed E-state index contributed by atoms with van der Waals surface area (Å²) < 4.78 is 5.14. The van der Waals surface area contributed by atoms with E-state index in [-0.39, 0.29) is 17.9 Å². The molecule has 28 heavy (non-hydrogen) atoms. The fourth-order valence-corrected chi connectivity index (χ4v) is 3.25. The van der Waals surface area contributed by atoms with E-state index in [1.54, 1.807) is 12.0 Å². The first-order valence-electron chi connectivity index (χ1n) is 9.64. The van der Waals surface area contributed by atoms with Gasteiger partial charge in [0, 0.05) is 30.9 Å². The van der Waals surface area contributed by atoms with E-state index in [2.05, 4.69) is 10.6 Å². The van der Waals surface area contributed by atoms with Crippen LogP contribution in [0.5, 0.6) is 5.75 Å². The minimum atomic E-state index is -0.352. The van der Waals surface area contributed by atoms with Crippen molar-refractivity contribution in [2.75, 3.05) is 30.4 Å². The first-order chi connectivity index (χ1) is 13.6. The summed E-state index contributed by atoms with van der Waals surface area (Å²) in [5, 5.41) is 6.16. The second kappa shape index (κ2) is 9.26. The molecule has 148 valence electrons. The zero-order chi connectivity index (χ0) is 19.9. The fraction of sp³-hybridized carbons (Fsp3) is 0.364. The Labute approximate surface area is 165 Å². The van der Waals surface area contributed by atoms with Gasteiger partial charge >= 0.3 is 0 Å². The van der Waals surface area contributed by atoms with Crippen LogP contribution in [0.1, 0.15) is 25.3 Å². The van der Waals surface area contributed by atoms with Gasteiger partial charge in [-0.25, -0.2) is 0 Å². The van der Waals surface area contributed by atoms with Gasteiger partial charge in [-0.3, -0.25) is 9.59 Å². The van der Waals surface area contributed by atoms with E-state index in [9.17, 15) is 9.59 Å². The molecule has 0 unspecified atom stereocenters. The zero-order valence-electron chi connectivity index (χ0n) is 16.4. The molecular weight excluding hydrogens is 354 g/mol. The number of amides is 2. The molecule has 0 saturated carbocycles. The van der Waals surface area contributed by atoms with Crippen molar-refractivity contribution >= 4 is 23.2 Å². The summed E-state index contributed by atoms with van der Waals surface area (Å²) in [6, 6.07) is 15.1. The Bertz CT molecular complexity index is 803. The number of carbonyl (C=O) groups excluding carboxylic acids is 2. The standard InChI is InChI=1S/C22H27N3O3/c1-16(22(27)23-14-13-17-5-11-20(28-2)12-6-17)24-18-7-9-19(10-8-18)25-15-3-4-21(25)26/h5-12,16,24H,3-4,13-15H2,1-2H3,(H,23,27)/t16-/m0/s1. The number of nitrogens with one attached hydrogen (secondary N) is 2. The van der Waals surface area contributed by atoms with Crippen LogP contribution in [-0.2, 0) is 16.0 Å². The summed E-state index contributed by atoms with van der Waals surface area (Å²) in [5.74, 6) is 0.948. The monoisotopic (exact) mass is 381 g/mol. The minimum absolute atomic E-state index is 0.0488. The zero-order valence-corrected chi connectivity index (χ0v) is 16.4. The highest BCUT2D eigenvalue weighted by Crippen LogP contribution is 2.23. The van der Waals surface area contributed by atoms with Crippen LogP contribution in [0.15, 0.2) is 48.5 Å². The van der Waals surface area contributed by atoms with Crippen molar-refractivity contribution in [2.45, 2.75) is 32.2 Å². The lowest BCUT2D eigenvalue weighted by Gasteiger charge is -2.18. The highest BCUT2D eigenvalue weighted by atomic mass is 16.5. The lowest BCUT2D eigenvalue weighted by Crippen LogP contribution is -2.38. The minimum Gasteiger partial charge on any atom is -0.497 e. The summed E-state index contributed by atoms with van der Waals surface area (Å²) in [5.41, 5.74) is 2.91. The molecule has 0 spiro atoms. The fourth-order valence-electron chi connectivity index (χ4n) is 3.25. The van der Waals surface area contributed by atoms with Crippen LogP contribution >= 0.6 is 0 Å². The first kappa shape index (κ1) is 19.7. The van der Waals surface area contributed by atoms with Crippen LogP contribution in [0.25, 0.3) is 0 Å². The highest BCUT2D eigenvalue weighted by Gasteiger charge is 2.21. The maximum absolute atomic E-state index is 12.3. The van der Waals surface area contributed by atoms with E-state index in [1.807, 2.05) is 55.5 Å². The average molecular weight is 381 g/mol. The van der Waals surface area contributed by atoms with Gasteiger partial charge in [0.1, 0.15) is 11.8 Å². The molecule has 6 nitrogen and oxygen atoms in total. The van der Waals surface area contributed by atoms with Crippen molar-refractivity contribution in [1.29, 1.82) is 0 Å². The molecule has 1 fully saturated rings. The number of hydrogen-bond donors (Lipinski definition) is 2. The van der Waals surface area contributed by atoms with E-state index in [0.717, 1.165) is 42.1 Å². The van der Waals surface area contributed by atoms with Crippen molar-refractivity contribution in [1.82, 2.24) is 5.32 Å². The molecule has 2 N–H and O–H groups in total. The Morgan fingerprint density at radius 2 is 1.86 bits per heavy atom. The largest absolute Gasteiger partial charge is 0.497 e. The number of ether oxygens (including phenoxy) is 1. The smallest absolute Gasteiger partial charge is 0.242 e. The van der Waals surface area contributed by atoms with Gasteiger partial charge in [-0.15, -0.1) is 0 Å². The third-order valence-corrected chi connectivity index (χ3v) is 4.90. The summed E-state index contributed by atoms with van der Waals surface area (Å²) in [7, 11) is 1.64. The van der Waals surface area contributed by atoms with Gasteiger partial charge < -0.3 is 20.3 Å². The number of anilines is 2. The third-order valence-electron chi connectivity index (χ3n) is 4.90. The maximum atomic E-state index is 12.3. The van der Waals surface area contributed by atoms with Crippen LogP contribution in [0, 0.1) is 0 Å². The van der Waals surface area contributed by atoms with Crippen LogP contribution in [0.4, 0.5) is 11.4 Å². The molecule has 0 aromatic heterocycles. The number of rotatable bonds is 8. The van der Waals surface area contributed by atoms with Gasteiger partial charge in [0.15, 0.2) is 0 Å². The van der Waals surface area contributed by atoms with Crippen LogP contribution in [-0.4, -0.2) is 38.1 Å². The van der Waals surface area contributed by atoms with E-state index >= 15 is 0 Å². The molecule has 2 aromatic rings. The topological polar surface area (TPSA) is 70.7 Å². The van der Waals surface area contributed by atoms with E-state index in [1.165, 1.54) is 0 Å². The molecule has 0 bridgehead atoms. The van der Waals surface area contributed by atoms with E-state index < -0.39 is 0 Å². The Hall–Kier alpha value is -3.02. The van der Waals surface area contributed by atoms with Crippen molar-refractivity contribution in [3.8, 4) is 5.75 Å². The Kier molecular flexibility index (Phi) is 6.53. The van der Waals surface area contributed by atoms with Crippen molar-refractivity contribution in [3.05, 3.63) is 54.1 Å². The Morgan fingerprint density at radius 3 is 2.46 bits per heavy atom. The molecule has 6 heteroatoms. The average Bonchev–Trinajstić information content (AvgIpc) is 3.15. The van der Waals surface area contributed by atoms with Crippen molar-refractivity contribution < 1.29 is 14.3 Å². The van der Waals surface area contributed by atoms with Crippen LogP contribution in [0.2, 0.25) is 0 Å². The lowest BCUT2D eigenvalue weighted by atomic mass is 10.1. The second-order valence-corrected chi connectivity index (χ2v) is 6.95. The summed E-state index contributed by atoms with van der Waals surface area (Å²) in [6.07, 6.45) is 2.29. The molecule has 3 rings (SSSR count). The number of nitrogens with zero attached hydrogens (tertiary/aromatic N) is 1. The predicted octanol–water partition coefficient (Wildman–Crippen LogP) is 2.98. The van der Waals surface area contributed by atoms with Crippen LogP contribution in [0.3, 0.4) is 0 Å². The van der Waals surface area contributed by atoms with Crippen LogP contribution < -0.4 is 20.3 Å². The molecule has 2 aromatic carbocycles. The van der Waals surface area contributed by atoms with E-state index in [0.29, 0.717) is 13.0 Å². The quantitative estimate of drug-likeness (QED) is 0.738.